The molecule has 24 heavy (non-hydrogen) atoms. The fourth-order valence-electron chi connectivity index (χ4n) is 2.26. The summed E-state index contributed by atoms with van der Waals surface area (Å²) in [5, 5.41) is 7.21. The van der Waals surface area contributed by atoms with Crippen LogP contribution in [0.5, 0.6) is 0 Å². The maximum atomic E-state index is 12.1. The number of pyridine rings is 1. The third-order valence-electron chi connectivity index (χ3n) is 3.46. The van der Waals surface area contributed by atoms with Crippen LogP contribution in [0.25, 0.3) is 0 Å². The summed E-state index contributed by atoms with van der Waals surface area (Å²) in [5.41, 5.74) is 1.25. The summed E-state index contributed by atoms with van der Waals surface area (Å²) < 4.78 is 1.82. The number of thioether (sulfide) groups is 1. The first-order valence-corrected chi connectivity index (χ1v) is 8.68. The van der Waals surface area contributed by atoms with E-state index >= 15 is 0 Å². The minimum atomic E-state index is -0.0433. The van der Waals surface area contributed by atoms with E-state index in [0.29, 0.717) is 5.75 Å². The molecular formula is C18H18N4OS. The van der Waals surface area contributed by atoms with Gasteiger partial charge in [0.1, 0.15) is 5.82 Å². The number of rotatable bonds is 7. The number of amides is 1. The SMILES string of the molecule is O=C(CSc1ccncc1)Nc1ccnn1CCc1ccccc1. The highest BCUT2D eigenvalue weighted by Gasteiger charge is 2.08. The van der Waals surface area contributed by atoms with Gasteiger partial charge in [0, 0.05) is 29.9 Å². The zero-order chi connectivity index (χ0) is 16.6. The first kappa shape index (κ1) is 16.3. The number of nitrogens with one attached hydrogen (secondary N) is 1. The van der Waals surface area contributed by atoms with Gasteiger partial charge >= 0.3 is 0 Å². The van der Waals surface area contributed by atoms with E-state index in [2.05, 4.69) is 27.5 Å². The summed E-state index contributed by atoms with van der Waals surface area (Å²) in [6.07, 6.45) is 6.02. The van der Waals surface area contributed by atoms with Gasteiger partial charge in [0.05, 0.1) is 11.9 Å². The van der Waals surface area contributed by atoms with Crippen LogP contribution in [-0.4, -0.2) is 26.4 Å². The number of aryl methyl sites for hydroxylation is 2. The van der Waals surface area contributed by atoms with E-state index < -0.39 is 0 Å². The highest BCUT2D eigenvalue weighted by Crippen LogP contribution is 2.17. The topological polar surface area (TPSA) is 59.8 Å². The van der Waals surface area contributed by atoms with Gasteiger partial charge in [-0.3, -0.25) is 9.78 Å². The van der Waals surface area contributed by atoms with Crippen LogP contribution in [0.1, 0.15) is 5.56 Å². The van der Waals surface area contributed by atoms with E-state index in [4.69, 9.17) is 0 Å². The van der Waals surface area contributed by atoms with Crippen LogP contribution in [-0.2, 0) is 17.8 Å². The van der Waals surface area contributed by atoms with Gasteiger partial charge < -0.3 is 5.32 Å². The summed E-state index contributed by atoms with van der Waals surface area (Å²) in [6.45, 7) is 0.726. The van der Waals surface area contributed by atoms with Gasteiger partial charge in [0.25, 0.3) is 0 Å². The van der Waals surface area contributed by atoms with E-state index in [1.807, 2.05) is 41.1 Å². The minimum absolute atomic E-state index is 0.0433. The fraction of sp³-hybridized carbons (Fsp3) is 0.167. The summed E-state index contributed by atoms with van der Waals surface area (Å²) >= 11 is 1.48. The molecule has 0 bridgehead atoms. The number of anilines is 1. The molecule has 0 fully saturated rings. The van der Waals surface area contributed by atoms with Crippen LogP contribution in [0.4, 0.5) is 5.82 Å². The maximum Gasteiger partial charge on any atom is 0.235 e. The van der Waals surface area contributed by atoms with Crippen LogP contribution in [0.3, 0.4) is 0 Å². The molecule has 3 aromatic rings. The molecule has 6 heteroatoms. The standard InChI is InChI=1S/C18H18N4OS/c23-18(14-24-16-6-10-19-11-7-16)21-17-8-12-20-22(17)13-9-15-4-2-1-3-5-15/h1-8,10-12H,9,13-14H2,(H,21,23). The Morgan fingerprint density at radius 1 is 1.04 bits per heavy atom. The second-order valence-corrected chi connectivity index (χ2v) is 6.24. The molecular weight excluding hydrogens is 320 g/mol. The largest absolute Gasteiger partial charge is 0.310 e. The quantitative estimate of drug-likeness (QED) is 0.672. The van der Waals surface area contributed by atoms with Gasteiger partial charge in [0.2, 0.25) is 5.91 Å². The van der Waals surface area contributed by atoms with Crippen molar-refractivity contribution in [2.24, 2.45) is 0 Å². The minimum Gasteiger partial charge on any atom is -0.310 e. The number of hydrogen-bond acceptors (Lipinski definition) is 4. The lowest BCUT2D eigenvalue weighted by molar-refractivity contribution is -0.113. The van der Waals surface area contributed by atoms with Gasteiger partial charge in [-0.15, -0.1) is 11.8 Å². The zero-order valence-corrected chi connectivity index (χ0v) is 13.9. The lowest BCUT2D eigenvalue weighted by Gasteiger charge is -2.09. The molecule has 0 radical (unpaired) electrons. The molecule has 0 aliphatic heterocycles. The van der Waals surface area contributed by atoms with E-state index in [9.17, 15) is 4.79 Å². The Labute approximate surface area is 145 Å². The van der Waals surface area contributed by atoms with E-state index in [1.54, 1.807) is 18.6 Å². The molecule has 1 amide bonds. The van der Waals surface area contributed by atoms with Gasteiger partial charge in [-0.2, -0.15) is 5.10 Å². The Hall–Kier alpha value is -2.60. The fourth-order valence-corrected chi connectivity index (χ4v) is 2.94. The molecule has 122 valence electrons. The summed E-state index contributed by atoms with van der Waals surface area (Å²) in [7, 11) is 0. The Balaban J connectivity index is 1.52. The average molecular weight is 338 g/mol. The molecule has 0 saturated heterocycles. The highest BCUT2D eigenvalue weighted by molar-refractivity contribution is 8.00. The predicted molar refractivity (Wildman–Crippen MR) is 96.0 cm³/mol. The summed E-state index contributed by atoms with van der Waals surface area (Å²) in [6, 6.07) is 15.8. The smallest absolute Gasteiger partial charge is 0.235 e. The molecule has 3 rings (SSSR count). The molecule has 0 unspecified atom stereocenters. The lowest BCUT2D eigenvalue weighted by Crippen LogP contribution is -2.18. The lowest BCUT2D eigenvalue weighted by atomic mass is 10.1. The van der Waals surface area contributed by atoms with Crippen molar-refractivity contribution in [3.05, 3.63) is 72.7 Å². The number of carbonyl (C=O) groups is 1. The Kier molecular flexibility index (Phi) is 5.63. The van der Waals surface area contributed by atoms with Gasteiger partial charge in [-0.1, -0.05) is 30.3 Å². The van der Waals surface area contributed by atoms with Crippen molar-refractivity contribution >= 4 is 23.5 Å². The van der Waals surface area contributed by atoms with Crippen molar-refractivity contribution in [3.8, 4) is 0 Å². The second-order valence-electron chi connectivity index (χ2n) is 5.19. The molecule has 2 aromatic heterocycles. The third kappa shape index (κ3) is 4.70. The molecule has 0 aliphatic rings. The average Bonchev–Trinajstić information content (AvgIpc) is 3.07. The second kappa shape index (κ2) is 8.31. The number of aromatic nitrogens is 3. The molecule has 2 heterocycles. The highest BCUT2D eigenvalue weighted by atomic mass is 32.2. The molecule has 1 N–H and O–H groups in total. The first-order valence-electron chi connectivity index (χ1n) is 7.70. The monoisotopic (exact) mass is 338 g/mol. The van der Waals surface area contributed by atoms with Crippen molar-refractivity contribution < 1.29 is 4.79 Å². The van der Waals surface area contributed by atoms with Crippen molar-refractivity contribution in [3.63, 3.8) is 0 Å². The Morgan fingerprint density at radius 2 is 1.83 bits per heavy atom. The van der Waals surface area contributed by atoms with Gasteiger partial charge in [-0.05, 0) is 24.1 Å². The van der Waals surface area contributed by atoms with Crippen LogP contribution < -0.4 is 5.32 Å². The molecule has 0 saturated carbocycles. The third-order valence-corrected chi connectivity index (χ3v) is 4.47. The zero-order valence-electron chi connectivity index (χ0n) is 13.1. The van der Waals surface area contributed by atoms with Crippen LogP contribution in [0, 0.1) is 0 Å². The number of benzene rings is 1. The van der Waals surface area contributed by atoms with Gasteiger partial charge in [-0.25, -0.2) is 4.68 Å². The maximum absolute atomic E-state index is 12.1. The van der Waals surface area contributed by atoms with E-state index in [0.717, 1.165) is 23.7 Å². The molecule has 0 spiro atoms. The van der Waals surface area contributed by atoms with Crippen LogP contribution >= 0.6 is 11.8 Å². The van der Waals surface area contributed by atoms with Crippen molar-refractivity contribution in [2.75, 3.05) is 11.1 Å². The van der Waals surface area contributed by atoms with Crippen LogP contribution in [0.2, 0.25) is 0 Å². The number of nitrogens with zero attached hydrogens (tertiary/aromatic N) is 3. The van der Waals surface area contributed by atoms with Crippen molar-refractivity contribution in [1.29, 1.82) is 0 Å². The normalized spacial score (nSPS) is 10.5. The Bertz CT molecular complexity index is 774. The van der Waals surface area contributed by atoms with E-state index in [-0.39, 0.29) is 5.91 Å². The summed E-state index contributed by atoms with van der Waals surface area (Å²) in [4.78, 5) is 17.1. The summed E-state index contributed by atoms with van der Waals surface area (Å²) in [5.74, 6) is 1.04. The predicted octanol–water partition coefficient (Wildman–Crippen LogP) is 3.25. The van der Waals surface area contributed by atoms with Gasteiger partial charge in [0.15, 0.2) is 0 Å². The van der Waals surface area contributed by atoms with E-state index in [1.165, 1.54) is 17.3 Å². The molecule has 0 atom stereocenters. The Morgan fingerprint density at radius 3 is 2.62 bits per heavy atom. The number of hydrogen-bond donors (Lipinski definition) is 1. The molecule has 1 aromatic carbocycles. The molecule has 5 nitrogen and oxygen atoms in total. The first-order chi connectivity index (χ1) is 11.8. The van der Waals surface area contributed by atoms with Crippen molar-refractivity contribution in [1.82, 2.24) is 14.8 Å². The van der Waals surface area contributed by atoms with Crippen molar-refractivity contribution in [2.45, 2.75) is 17.9 Å². The number of carbonyl (C=O) groups excluding carboxylic acids is 1. The molecule has 0 aliphatic carbocycles. The van der Waals surface area contributed by atoms with Crippen LogP contribution in [0.15, 0.2) is 72.0 Å².